The maximum Gasteiger partial charge on any atom is 0.308 e. The summed E-state index contributed by atoms with van der Waals surface area (Å²) in [6.45, 7) is 4.50. The number of ether oxygens (including phenoxy) is 1. The van der Waals surface area contributed by atoms with Crippen LogP contribution in [0.4, 0.5) is 0 Å². The molecular formula is C29H36N2O4. The number of likely N-dealkylation sites (tertiary alicyclic amines) is 1. The van der Waals surface area contributed by atoms with Gasteiger partial charge in [0.05, 0.1) is 24.6 Å². The van der Waals surface area contributed by atoms with E-state index in [4.69, 9.17) is 4.74 Å². The molecule has 2 N–H and O–H groups in total. The molecule has 0 amide bonds. The minimum Gasteiger partial charge on any atom is -0.497 e. The number of nitrogens with zero attached hydrogens (tertiary/aromatic N) is 2. The molecule has 1 aromatic heterocycles. The van der Waals surface area contributed by atoms with Gasteiger partial charge in [0, 0.05) is 18.1 Å². The van der Waals surface area contributed by atoms with E-state index in [0.717, 1.165) is 54.6 Å². The van der Waals surface area contributed by atoms with Gasteiger partial charge in [-0.15, -0.1) is 0 Å². The van der Waals surface area contributed by atoms with Crippen LogP contribution in [0.25, 0.3) is 10.9 Å². The van der Waals surface area contributed by atoms with Crippen molar-refractivity contribution in [3.05, 3.63) is 71.4 Å². The first-order chi connectivity index (χ1) is 16.9. The van der Waals surface area contributed by atoms with Crippen LogP contribution in [0.5, 0.6) is 5.75 Å². The van der Waals surface area contributed by atoms with E-state index in [0.29, 0.717) is 19.4 Å². The number of rotatable bonds is 10. The molecule has 0 aliphatic carbocycles. The summed E-state index contributed by atoms with van der Waals surface area (Å²) in [6, 6.07) is 16.1. The second kappa shape index (κ2) is 11.6. The molecule has 0 saturated carbocycles. The van der Waals surface area contributed by atoms with Crippen molar-refractivity contribution in [3.8, 4) is 5.75 Å². The van der Waals surface area contributed by atoms with Gasteiger partial charge in [-0.05, 0) is 93.4 Å². The van der Waals surface area contributed by atoms with Crippen LogP contribution in [0.15, 0.2) is 54.7 Å². The molecule has 1 saturated heterocycles. The highest BCUT2D eigenvalue weighted by Crippen LogP contribution is 2.33. The summed E-state index contributed by atoms with van der Waals surface area (Å²) in [5.74, 6) is -0.339. The number of methoxy groups -OCH3 is 1. The Bertz CT molecular complexity index is 1130. The summed E-state index contributed by atoms with van der Waals surface area (Å²) >= 11 is 0. The van der Waals surface area contributed by atoms with Crippen LogP contribution in [0.2, 0.25) is 0 Å². The van der Waals surface area contributed by atoms with Crippen LogP contribution in [0, 0.1) is 18.8 Å². The van der Waals surface area contributed by atoms with Crippen LogP contribution in [0.1, 0.15) is 48.5 Å². The number of aryl methyl sites for hydroxylation is 2. The van der Waals surface area contributed by atoms with Gasteiger partial charge in [-0.2, -0.15) is 0 Å². The van der Waals surface area contributed by atoms with Crippen molar-refractivity contribution in [1.29, 1.82) is 0 Å². The molecule has 0 bridgehead atoms. The Morgan fingerprint density at radius 2 is 2.00 bits per heavy atom. The lowest BCUT2D eigenvalue weighted by atomic mass is 9.81. The van der Waals surface area contributed by atoms with E-state index in [1.54, 1.807) is 13.3 Å². The van der Waals surface area contributed by atoms with Gasteiger partial charge in [-0.3, -0.25) is 9.78 Å². The molecule has 6 heteroatoms. The number of carboxylic acids is 1. The molecule has 35 heavy (non-hydrogen) atoms. The summed E-state index contributed by atoms with van der Waals surface area (Å²) in [7, 11) is 1.62. The van der Waals surface area contributed by atoms with E-state index < -0.39 is 18.0 Å². The van der Waals surface area contributed by atoms with Gasteiger partial charge in [-0.25, -0.2) is 0 Å². The number of aliphatic carboxylic acids is 1. The number of hydrogen-bond acceptors (Lipinski definition) is 5. The number of piperidine rings is 1. The van der Waals surface area contributed by atoms with Crippen molar-refractivity contribution < 1.29 is 19.7 Å². The van der Waals surface area contributed by atoms with Gasteiger partial charge in [-0.1, -0.05) is 29.8 Å². The van der Waals surface area contributed by atoms with Crippen molar-refractivity contribution in [3.63, 3.8) is 0 Å². The fraction of sp³-hybridized carbons (Fsp3) is 0.448. The number of carbonyl (C=O) groups is 1. The lowest BCUT2D eigenvalue weighted by Gasteiger charge is -2.37. The number of aliphatic hydroxyl groups is 1. The summed E-state index contributed by atoms with van der Waals surface area (Å²) in [5, 5.41) is 21.8. The number of fused-ring (bicyclic) bond motifs is 1. The summed E-state index contributed by atoms with van der Waals surface area (Å²) < 4.78 is 5.34. The van der Waals surface area contributed by atoms with Gasteiger partial charge >= 0.3 is 5.97 Å². The van der Waals surface area contributed by atoms with Gasteiger partial charge in [0.1, 0.15) is 5.75 Å². The Balaban J connectivity index is 1.32. The lowest BCUT2D eigenvalue weighted by molar-refractivity contribution is -0.146. The SMILES string of the molecule is COc1ccc2nccc(C(O)CC[C@@H]3CCN(CCCc4ccc(C)cc4)C[C@@H]3C(=O)O)c2c1. The molecule has 3 atom stereocenters. The maximum absolute atomic E-state index is 12.1. The molecule has 0 spiro atoms. The molecule has 2 heterocycles. The van der Waals surface area contributed by atoms with Crippen molar-refractivity contribution in [1.82, 2.24) is 9.88 Å². The lowest BCUT2D eigenvalue weighted by Crippen LogP contribution is -2.44. The topological polar surface area (TPSA) is 82.9 Å². The van der Waals surface area contributed by atoms with E-state index in [-0.39, 0.29) is 5.92 Å². The summed E-state index contributed by atoms with van der Waals surface area (Å²) in [4.78, 5) is 18.8. The van der Waals surface area contributed by atoms with E-state index in [9.17, 15) is 15.0 Å². The minimum absolute atomic E-state index is 0.0677. The van der Waals surface area contributed by atoms with Crippen LogP contribution in [-0.2, 0) is 11.2 Å². The second-order valence-corrected chi connectivity index (χ2v) is 9.76. The first-order valence-electron chi connectivity index (χ1n) is 12.6. The fourth-order valence-electron chi connectivity index (χ4n) is 5.25. The minimum atomic E-state index is -0.730. The average molecular weight is 477 g/mol. The number of aromatic nitrogens is 1. The van der Waals surface area contributed by atoms with Gasteiger partial charge in [0.15, 0.2) is 0 Å². The van der Waals surface area contributed by atoms with Crippen LogP contribution in [-0.4, -0.2) is 52.8 Å². The molecule has 3 aromatic rings. The molecule has 186 valence electrons. The van der Waals surface area contributed by atoms with Crippen molar-refractivity contribution >= 4 is 16.9 Å². The Hall–Kier alpha value is -2.96. The number of carboxylic acid groups (broad SMARTS) is 1. The van der Waals surface area contributed by atoms with Crippen molar-refractivity contribution in [2.24, 2.45) is 11.8 Å². The molecule has 1 unspecified atom stereocenters. The zero-order valence-corrected chi connectivity index (χ0v) is 20.7. The number of hydrogen-bond donors (Lipinski definition) is 2. The highest BCUT2D eigenvalue weighted by Gasteiger charge is 2.34. The third kappa shape index (κ3) is 6.38. The number of benzene rings is 2. The predicted octanol–water partition coefficient (Wildman–Crippen LogP) is 5.02. The van der Waals surface area contributed by atoms with Crippen molar-refractivity contribution in [2.45, 2.75) is 45.1 Å². The van der Waals surface area contributed by atoms with E-state index in [2.05, 4.69) is 41.1 Å². The molecule has 1 fully saturated rings. The Morgan fingerprint density at radius 3 is 2.74 bits per heavy atom. The van der Waals surface area contributed by atoms with Crippen LogP contribution in [0.3, 0.4) is 0 Å². The Morgan fingerprint density at radius 1 is 1.20 bits per heavy atom. The van der Waals surface area contributed by atoms with Gasteiger partial charge < -0.3 is 19.8 Å². The third-order valence-electron chi connectivity index (χ3n) is 7.37. The molecule has 1 aliphatic rings. The standard InChI is InChI=1S/C29H36N2O4/c1-20-5-7-21(8-6-20)4-3-16-31-17-14-22(26(19-31)29(33)34)9-12-28(32)24-13-15-30-27-11-10-23(35-2)18-25(24)27/h5-8,10-11,13,15,18,22,26,28,32H,3-4,9,12,14,16-17,19H2,1-2H3,(H,33,34)/t22-,26+,28?/m1/s1. The largest absolute Gasteiger partial charge is 0.497 e. The summed E-state index contributed by atoms with van der Waals surface area (Å²) in [6.07, 6.45) is 5.13. The van der Waals surface area contributed by atoms with Gasteiger partial charge in [0.2, 0.25) is 0 Å². The Kier molecular flexibility index (Phi) is 8.37. The first-order valence-corrected chi connectivity index (χ1v) is 12.6. The number of pyridine rings is 1. The highest BCUT2D eigenvalue weighted by atomic mass is 16.5. The normalized spacial score (nSPS) is 19.5. The molecule has 6 nitrogen and oxygen atoms in total. The zero-order chi connectivity index (χ0) is 24.8. The smallest absolute Gasteiger partial charge is 0.308 e. The van der Waals surface area contributed by atoms with E-state index in [1.807, 2.05) is 24.3 Å². The third-order valence-corrected chi connectivity index (χ3v) is 7.37. The second-order valence-electron chi connectivity index (χ2n) is 9.76. The first kappa shape index (κ1) is 25.1. The number of aliphatic hydroxyl groups excluding tert-OH is 1. The fourth-order valence-corrected chi connectivity index (χ4v) is 5.25. The monoisotopic (exact) mass is 476 g/mol. The average Bonchev–Trinajstić information content (AvgIpc) is 2.88. The predicted molar refractivity (Wildman–Crippen MR) is 138 cm³/mol. The van der Waals surface area contributed by atoms with E-state index in [1.165, 1.54) is 11.1 Å². The molecular weight excluding hydrogens is 440 g/mol. The Labute approximate surface area is 207 Å². The van der Waals surface area contributed by atoms with E-state index >= 15 is 0 Å². The molecule has 1 aliphatic heterocycles. The van der Waals surface area contributed by atoms with Crippen LogP contribution >= 0.6 is 0 Å². The van der Waals surface area contributed by atoms with Crippen LogP contribution < -0.4 is 4.74 Å². The maximum atomic E-state index is 12.1. The molecule has 4 rings (SSSR count). The van der Waals surface area contributed by atoms with Gasteiger partial charge in [0.25, 0.3) is 0 Å². The molecule has 0 radical (unpaired) electrons. The highest BCUT2D eigenvalue weighted by molar-refractivity contribution is 5.83. The zero-order valence-electron chi connectivity index (χ0n) is 20.7. The summed E-state index contributed by atoms with van der Waals surface area (Å²) in [5.41, 5.74) is 4.22. The van der Waals surface area contributed by atoms with Crippen molar-refractivity contribution in [2.75, 3.05) is 26.7 Å². The quantitative estimate of drug-likeness (QED) is 0.428. The molecule has 2 aromatic carbocycles.